The van der Waals surface area contributed by atoms with Crippen LogP contribution in [0.1, 0.15) is 26.6 Å². The SMILES string of the molecule is COCCn1c(Cc2ccc(-c3cccc(OCc4cnc(Cl)s4)n3)cc2F)nc2ccc(C(=O)O)cc21. The van der Waals surface area contributed by atoms with Crippen molar-refractivity contribution in [3.63, 3.8) is 0 Å². The van der Waals surface area contributed by atoms with Gasteiger partial charge in [0, 0.05) is 37.9 Å². The van der Waals surface area contributed by atoms with E-state index in [0.29, 0.717) is 57.2 Å². The standard InChI is InChI=1S/C27H22ClFN4O4S/c1-36-10-9-33-23-12-18(26(34)35)7-8-22(23)31-24(33)13-16-5-6-17(11-20(16)29)21-3-2-4-25(32-21)37-15-19-14-30-27(28)38-19/h2-8,11-12,14H,9-10,13,15H2,1H3,(H,34,35). The molecule has 0 amide bonds. The number of carboxylic acid groups (broad SMARTS) is 1. The van der Waals surface area contributed by atoms with Gasteiger partial charge in [-0.2, -0.15) is 0 Å². The predicted octanol–water partition coefficient (Wildman–Crippen LogP) is 5.86. The highest BCUT2D eigenvalue weighted by molar-refractivity contribution is 7.15. The Morgan fingerprint density at radius 2 is 2.03 bits per heavy atom. The normalized spacial score (nSPS) is 11.2. The second kappa shape index (κ2) is 11.3. The molecule has 0 saturated heterocycles. The van der Waals surface area contributed by atoms with Gasteiger partial charge in [-0.1, -0.05) is 29.8 Å². The molecule has 0 unspecified atom stereocenters. The van der Waals surface area contributed by atoms with Crippen molar-refractivity contribution in [2.45, 2.75) is 19.6 Å². The van der Waals surface area contributed by atoms with Gasteiger partial charge >= 0.3 is 5.97 Å². The van der Waals surface area contributed by atoms with Crippen LogP contribution in [0, 0.1) is 5.82 Å². The van der Waals surface area contributed by atoms with E-state index in [4.69, 9.17) is 21.1 Å². The Bertz CT molecular complexity index is 1620. The number of ether oxygens (including phenoxy) is 2. The summed E-state index contributed by atoms with van der Waals surface area (Å²) in [4.78, 5) is 25.5. The molecule has 0 saturated carbocycles. The van der Waals surface area contributed by atoms with Gasteiger partial charge in [0.25, 0.3) is 0 Å². The van der Waals surface area contributed by atoms with Crippen LogP contribution < -0.4 is 4.74 Å². The molecule has 5 aromatic rings. The third-order valence-electron chi connectivity index (χ3n) is 5.90. The summed E-state index contributed by atoms with van der Waals surface area (Å²) in [5, 5.41) is 9.39. The minimum Gasteiger partial charge on any atom is -0.478 e. The van der Waals surface area contributed by atoms with E-state index < -0.39 is 11.8 Å². The number of thiazole rings is 1. The summed E-state index contributed by atoms with van der Waals surface area (Å²) >= 11 is 7.20. The van der Waals surface area contributed by atoms with E-state index in [0.717, 1.165) is 4.88 Å². The third-order valence-corrected chi connectivity index (χ3v) is 6.99. The molecule has 194 valence electrons. The summed E-state index contributed by atoms with van der Waals surface area (Å²) < 4.78 is 28.6. The molecule has 0 aliphatic rings. The lowest BCUT2D eigenvalue weighted by Gasteiger charge is -2.11. The van der Waals surface area contributed by atoms with Gasteiger partial charge in [-0.25, -0.2) is 24.1 Å². The largest absolute Gasteiger partial charge is 0.478 e. The highest BCUT2D eigenvalue weighted by Gasteiger charge is 2.16. The Balaban J connectivity index is 1.38. The summed E-state index contributed by atoms with van der Waals surface area (Å²) in [6, 6.07) is 15.0. The lowest BCUT2D eigenvalue weighted by atomic mass is 10.1. The van der Waals surface area contributed by atoms with Crippen LogP contribution in [0.3, 0.4) is 0 Å². The minimum absolute atomic E-state index is 0.160. The van der Waals surface area contributed by atoms with Gasteiger partial charge in [-0.3, -0.25) is 0 Å². The van der Waals surface area contributed by atoms with Crippen LogP contribution in [0.5, 0.6) is 5.88 Å². The first-order chi connectivity index (χ1) is 18.4. The zero-order valence-electron chi connectivity index (χ0n) is 20.2. The molecule has 11 heteroatoms. The minimum atomic E-state index is -1.02. The number of benzene rings is 2. The van der Waals surface area contributed by atoms with E-state index in [1.54, 1.807) is 55.8 Å². The smallest absolute Gasteiger partial charge is 0.335 e. The van der Waals surface area contributed by atoms with E-state index in [2.05, 4.69) is 15.0 Å². The van der Waals surface area contributed by atoms with Crippen LogP contribution in [0.4, 0.5) is 4.39 Å². The van der Waals surface area contributed by atoms with Crippen LogP contribution in [0.25, 0.3) is 22.3 Å². The van der Waals surface area contributed by atoms with E-state index in [-0.39, 0.29) is 18.6 Å². The number of methoxy groups -OCH3 is 1. The maximum Gasteiger partial charge on any atom is 0.335 e. The summed E-state index contributed by atoms with van der Waals surface area (Å²) in [6.07, 6.45) is 1.88. The summed E-state index contributed by atoms with van der Waals surface area (Å²) in [5.74, 6) is -0.399. The van der Waals surface area contributed by atoms with Crippen molar-refractivity contribution in [3.05, 3.63) is 92.9 Å². The second-order valence-corrected chi connectivity index (χ2v) is 10.1. The number of hydrogen-bond acceptors (Lipinski definition) is 7. The lowest BCUT2D eigenvalue weighted by molar-refractivity contribution is 0.0697. The quantitative estimate of drug-likeness (QED) is 0.231. The number of pyridine rings is 1. The van der Waals surface area contributed by atoms with Gasteiger partial charge < -0.3 is 19.1 Å². The first-order valence-electron chi connectivity index (χ1n) is 11.6. The Kier molecular flexibility index (Phi) is 7.64. The monoisotopic (exact) mass is 552 g/mol. The van der Waals surface area contributed by atoms with Crippen LogP contribution in [-0.2, 0) is 24.3 Å². The molecule has 1 N–H and O–H groups in total. The number of aromatic carboxylic acids is 1. The molecule has 8 nitrogen and oxygen atoms in total. The number of imidazole rings is 1. The highest BCUT2D eigenvalue weighted by Crippen LogP contribution is 2.26. The molecular weight excluding hydrogens is 531 g/mol. The molecule has 0 radical (unpaired) electrons. The predicted molar refractivity (Wildman–Crippen MR) is 142 cm³/mol. The molecule has 0 aliphatic heterocycles. The second-order valence-electron chi connectivity index (χ2n) is 8.39. The van der Waals surface area contributed by atoms with Crippen molar-refractivity contribution in [2.75, 3.05) is 13.7 Å². The van der Waals surface area contributed by atoms with Crippen LogP contribution in [0.2, 0.25) is 4.47 Å². The average molecular weight is 553 g/mol. The van der Waals surface area contributed by atoms with Crippen LogP contribution >= 0.6 is 22.9 Å². The summed E-state index contributed by atoms with van der Waals surface area (Å²) in [6.45, 7) is 1.14. The van der Waals surface area contributed by atoms with Gasteiger partial charge in [0.1, 0.15) is 18.2 Å². The van der Waals surface area contributed by atoms with Crippen molar-refractivity contribution in [3.8, 4) is 17.1 Å². The number of aromatic nitrogens is 4. The number of halogens is 2. The number of carbonyl (C=O) groups is 1. The number of rotatable bonds is 10. The molecule has 3 heterocycles. The van der Waals surface area contributed by atoms with Crippen molar-refractivity contribution in [2.24, 2.45) is 0 Å². The lowest BCUT2D eigenvalue weighted by Crippen LogP contribution is -2.10. The molecule has 2 aromatic carbocycles. The highest BCUT2D eigenvalue weighted by atomic mass is 35.5. The van der Waals surface area contributed by atoms with E-state index in [9.17, 15) is 9.90 Å². The molecule has 0 atom stereocenters. The molecule has 5 rings (SSSR count). The fraction of sp³-hybridized carbons (Fsp3) is 0.185. The zero-order valence-corrected chi connectivity index (χ0v) is 21.8. The van der Waals surface area contributed by atoms with Crippen molar-refractivity contribution >= 4 is 39.9 Å². The van der Waals surface area contributed by atoms with Gasteiger partial charge in [-0.15, -0.1) is 11.3 Å². The first kappa shape index (κ1) is 25.8. The average Bonchev–Trinajstić information content (AvgIpc) is 3.49. The van der Waals surface area contributed by atoms with Gasteiger partial charge in [0.15, 0.2) is 4.47 Å². The topological polar surface area (TPSA) is 99.4 Å². The molecule has 0 bridgehead atoms. The van der Waals surface area contributed by atoms with Crippen molar-refractivity contribution < 1.29 is 23.8 Å². The van der Waals surface area contributed by atoms with E-state index in [1.165, 1.54) is 23.5 Å². The fourth-order valence-corrected chi connectivity index (χ4v) is 4.94. The number of hydrogen-bond donors (Lipinski definition) is 1. The number of fused-ring (bicyclic) bond motifs is 1. The summed E-state index contributed by atoms with van der Waals surface area (Å²) in [5.41, 5.74) is 3.10. The molecule has 0 aliphatic carbocycles. The molecule has 3 aromatic heterocycles. The Morgan fingerprint density at radius 3 is 2.76 bits per heavy atom. The molecule has 0 spiro atoms. The Labute approximate surface area is 226 Å². The Morgan fingerprint density at radius 1 is 1.16 bits per heavy atom. The third kappa shape index (κ3) is 5.67. The van der Waals surface area contributed by atoms with Gasteiger partial charge in [0.05, 0.1) is 33.8 Å². The van der Waals surface area contributed by atoms with Crippen LogP contribution in [-0.4, -0.2) is 44.3 Å². The first-order valence-corrected chi connectivity index (χ1v) is 12.8. The van der Waals surface area contributed by atoms with Gasteiger partial charge in [0.2, 0.25) is 5.88 Å². The van der Waals surface area contributed by atoms with Crippen LogP contribution in [0.15, 0.2) is 60.8 Å². The zero-order chi connectivity index (χ0) is 26.6. The van der Waals surface area contributed by atoms with E-state index in [1.807, 2.05) is 4.57 Å². The fourth-order valence-electron chi connectivity index (χ4n) is 4.04. The maximum absolute atomic E-state index is 15.3. The number of nitrogens with zero attached hydrogens (tertiary/aromatic N) is 4. The molecule has 0 fully saturated rings. The van der Waals surface area contributed by atoms with Crippen molar-refractivity contribution in [1.29, 1.82) is 0 Å². The van der Waals surface area contributed by atoms with Crippen molar-refractivity contribution in [1.82, 2.24) is 19.5 Å². The van der Waals surface area contributed by atoms with E-state index >= 15 is 4.39 Å². The van der Waals surface area contributed by atoms with Gasteiger partial charge in [-0.05, 0) is 35.9 Å². The maximum atomic E-state index is 15.3. The summed E-state index contributed by atoms with van der Waals surface area (Å²) in [7, 11) is 1.59. The molecule has 38 heavy (non-hydrogen) atoms. The Hall–Kier alpha value is -3.86. The molecular formula is C27H22ClFN4O4S. The number of carboxylic acids is 1.